The summed E-state index contributed by atoms with van der Waals surface area (Å²) in [5, 5.41) is 10.9. The van der Waals surface area contributed by atoms with E-state index in [0.29, 0.717) is 11.4 Å². The van der Waals surface area contributed by atoms with Crippen molar-refractivity contribution in [3.05, 3.63) is 56.7 Å². The van der Waals surface area contributed by atoms with Gasteiger partial charge >= 0.3 is 0 Å². The van der Waals surface area contributed by atoms with Gasteiger partial charge < -0.3 is 5.32 Å². The van der Waals surface area contributed by atoms with Crippen LogP contribution >= 0.6 is 46.0 Å². The number of nitrogens with zero attached hydrogens (tertiary/aromatic N) is 1. The van der Waals surface area contributed by atoms with E-state index in [4.69, 9.17) is 11.6 Å². The van der Waals surface area contributed by atoms with E-state index < -0.39 is 0 Å². The lowest BCUT2D eigenvalue weighted by Gasteiger charge is -2.26. The average Bonchev–Trinajstić information content (AvgIpc) is 3.26. The lowest BCUT2D eigenvalue weighted by atomic mass is 10.0. The molecule has 0 saturated heterocycles. The molecule has 0 unspecified atom stereocenters. The van der Waals surface area contributed by atoms with Crippen molar-refractivity contribution in [1.82, 2.24) is 10.3 Å². The molecule has 3 heterocycles. The first-order valence-corrected chi connectivity index (χ1v) is 11.1. The van der Waals surface area contributed by atoms with Crippen LogP contribution < -0.4 is 5.32 Å². The predicted octanol–water partition coefficient (Wildman–Crippen LogP) is 5.42. The minimum absolute atomic E-state index is 0.00462. The Hall–Kier alpha value is -1.34. The van der Waals surface area contributed by atoms with Crippen molar-refractivity contribution >= 4 is 51.9 Å². The van der Waals surface area contributed by atoms with Gasteiger partial charge in [0.15, 0.2) is 0 Å². The molecule has 1 N–H and O–H groups in total. The van der Waals surface area contributed by atoms with Crippen molar-refractivity contribution in [3.63, 3.8) is 0 Å². The van der Waals surface area contributed by atoms with Gasteiger partial charge in [-0.15, -0.1) is 23.1 Å². The number of nitrogens with one attached hydrogen (secondary N) is 1. The molecule has 2 aromatic heterocycles. The molecule has 0 radical (unpaired) electrons. The highest BCUT2D eigenvalue weighted by Gasteiger charge is 2.23. The first kappa shape index (κ1) is 17.1. The smallest absolute Gasteiger partial charge is 0.226 e. The molecule has 0 spiro atoms. The minimum Gasteiger partial charge on any atom is -0.349 e. The van der Waals surface area contributed by atoms with Gasteiger partial charge in [0, 0.05) is 32.0 Å². The van der Waals surface area contributed by atoms with Crippen molar-refractivity contribution in [1.29, 1.82) is 0 Å². The number of aromatic nitrogens is 1. The second-order valence-electron chi connectivity index (χ2n) is 5.77. The summed E-state index contributed by atoms with van der Waals surface area (Å²) in [7, 11) is 0. The largest absolute Gasteiger partial charge is 0.349 e. The molecule has 3 nitrogen and oxygen atoms in total. The fourth-order valence-electron chi connectivity index (χ4n) is 2.83. The zero-order chi connectivity index (χ0) is 17.2. The summed E-state index contributed by atoms with van der Waals surface area (Å²) in [6, 6.07) is 7.98. The van der Waals surface area contributed by atoms with Crippen LogP contribution in [0.2, 0.25) is 5.02 Å². The molecule has 1 amide bonds. The second kappa shape index (κ2) is 7.50. The van der Waals surface area contributed by atoms with E-state index in [-0.39, 0.29) is 11.9 Å². The number of carbonyl (C=O) groups excluding carboxylic acids is 1. The number of thiophene rings is 1. The van der Waals surface area contributed by atoms with E-state index in [2.05, 4.69) is 15.7 Å². The fraction of sp³-hybridized carbons (Fsp3) is 0.222. The van der Waals surface area contributed by atoms with Gasteiger partial charge in [0.25, 0.3) is 0 Å². The quantitative estimate of drug-likeness (QED) is 0.628. The van der Waals surface area contributed by atoms with Crippen LogP contribution in [0.1, 0.15) is 23.7 Å². The molecule has 1 aliphatic rings. The lowest BCUT2D eigenvalue weighted by molar-refractivity contribution is -0.121. The van der Waals surface area contributed by atoms with Crippen molar-refractivity contribution in [3.8, 4) is 10.6 Å². The summed E-state index contributed by atoms with van der Waals surface area (Å²) < 4.78 is 0. The summed E-state index contributed by atoms with van der Waals surface area (Å²) in [6.45, 7) is 0. The average molecular weight is 407 g/mol. The first-order chi connectivity index (χ1) is 12.2. The Labute approximate surface area is 163 Å². The molecule has 3 aromatic rings. The maximum atomic E-state index is 12.5. The van der Waals surface area contributed by atoms with Crippen LogP contribution in [0.4, 0.5) is 0 Å². The van der Waals surface area contributed by atoms with Gasteiger partial charge in [-0.25, -0.2) is 4.98 Å². The molecule has 1 aliphatic heterocycles. The Kier molecular flexibility index (Phi) is 5.12. The third kappa shape index (κ3) is 3.92. The Morgan fingerprint density at radius 1 is 1.32 bits per heavy atom. The molecular formula is C18H15ClN2OS3. The molecule has 0 aliphatic carbocycles. The lowest BCUT2D eigenvalue weighted by Crippen LogP contribution is -2.31. The highest BCUT2D eigenvalue weighted by atomic mass is 35.5. The van der Waals surface area contributed by atoms with Crippen molar-refractivity contribution in [2.75, 3.05) is 5.75 Å². The fourth-order valence-corrected chi connectivity index (χ4v) is 5.65. The molecule has 0 fully saturated rings. The van der Waals surface area contributed by atoms with Crippen LogP contribution in [0.25, 0.3) is 10.6 Å². The molecule has 1 atom stereocenters. The molecule has 0 saturated carbocycles. The van der Waals surface area contributed by atoms with Gasteiger partial charge in [0.1, 0.15) is 5.01 Å². The summed E-state index contributed by atoms with van der Waals surface area (Å²) in [6.07, 6.45) is 1.22. The number of rotatable bonds is 4. The van der Waals surface area contributed by atoms with E-state index in [1.807, 2.05) is 46.8 Å². The third-order valence-corrected chi connectivity index (χ3v) is 6.99. The van der Waals surface area contributed by atoms with Crippen LogP contribution in [0.5, 0.6) is 0 Å². The molecular weight excluding hydrogens is 392 g/mol. The zero-order valence-corrected chi connectivity index (χ0v) is 16.4. The summed E-state index contributed by atoms with van der Waals surface area (Å²) in [5.41, 5.74) is 3.06. The third-order valence-electron chi connectivity index (χ3n) is 4.01. The van der Waals surface area contributed by atoms with Crippen LogP contribution in [-0.4, -0.2) is 16.6 Å². The Morgan fingerprint density at radius 2 is 2.24 bits per heavy atom. The monoisotopic (exact) mass is 406 g/mol. The number of amides is 1. The van der Waals surface area contributed by atoms with E-state index in [0.717, 1.165) is 34.0 Å². The summed E-state index contributed by atoms with van der Waals surface area (Å²) in [5.74, 6) is 1.00. The van der Waals surface area contributed by atoms with E-state index in [1.54, 1.807) is 22.7 Å². The molecule has 7 heteroatoms. The summed E-state index contributed by atoms with van der Waals surface area (Å²) >= 11 is 11.2. The van der Waals surface area contributed by atoms with Crippen molar-refractivity contribution in [2.24, 2.45) is 0 Å². The zero-order valence-electron chi connectivity index (χ0n) is 13.2. The van der Waals surface area contributed by atoms with E-state index >= 15 is 0 Å². The number of halogens is 1. The minimum atomic E-state index is 0.00462. The molecule has 1 aromatic carbocycles. The molecule has 25 heavy (non-hydrogen) atoms. The van der Waals surface area contributed by atoms with Gasteiger partial charge in [-0.3, -0.25) is 4.79 Å². The molecule has 4 rings (SSSR count). The number of benzene rings is 1. The van der Waals surface area contributed by atoms with Crippen molar-refractivity contribution in [2.45, 2.75) is 23.8 Å². The van der Waals surface area contributed by atoms with Crippen LogP contribution in [-0.2, 0) is 11.2 Å². The molecule has 0 bridgehead atoms. The maximum Gasteiger partial charge on any atom is 0.226 e. The maximum absolute atomic E-state index is 12.5. The Morgan fingerprint density at radius 3 is 3.08 bits per heavy atom. The predicted molar refractivity (Wildman–Crippen MR) is 107 cm³/mol. The number of thiazole rings is 1. The van der Waals surface area contributed by atoms with Crippen molar-refractivity contribution < 1.29 is 4.79 Å². The topological polar surface area (TPSA) is 42.0 Å². The second-order valence-corrected chi connectivity index (χ2v) is 8.98. The van der Waals surface area contributed by atoms with Crippen LogP contribution in [0, 0.1) is 0 Å². The number of fused-ring (bicyclic) bond motifs is 1. The highest BCUT2D eigenvalue weighted by Crippen LogP contribution is 2.37. The van der Waals surface area contributed by atoms with Crippen LogP contribution in [0.3, 0.4) is 0 Å². The Bertz CT molecular complexity index is 892. The summed E-state index contributed by atoms with van der Waals surface area (Å²) in [4.78, 5) is 18.3. The first-order valence-electron chi connectivity index (χ1n) is 7.87. The SMILES string of the molecule is O=C(Cc1csc(-c2ccsc2)n1)N[C@H]1CCSc2ccc(Cl)cc21. The van der Waals surface area contributed by atoms with Crippen LogP contribution in [0.15, 0.2) is 45.3 Å². The standard InChI is InChI=1S/C18H15ClN2OS3/c19-12-1-2-16-14(7-12)15(4-6-24-16)21-17(22)8-13-10-25-18(20-13)11-3-5-23-9-11/h1-3,5,7,9-10,15H,4,6,8H2,(H,21,22)/t15-/m0/s1. The van der Waals surface area contributed by atoms with E-state index in [9.17, 15) is 4.79 Å². The van der Waals surface area contributed by atoms with E-state index in [1.165, 1.54) is 4.90 Å². The normalized spacial score (nSPS) is 16.4. The number of hydrogen-bond acceptors (Lipinski definition) is 5. The Balaban J connectivity index is 1.44. The van der Waals surface area contributed by atoms with Gasteiger partial charge in [0.2, 0.25) is 5.91 Å². The van der Waals surface area contributed by atoms with Gasteiger partial charge in [-0.1, -0.05) is 11.6 Å². The van der Waals surface area contributed by atoms with Gasteiger partial charge in [0.05, 0.1) is 18.2 Å². The van der Waals surface area contributed by atoms with Gasteiger partial charge in [-0.05, 0) is 41.6 Å². The number of thioether (sulfide) groups is 1. The highest BCUT2D eigenvalue weighted by molar-refractivity contribution is 7.99. The number of hydrogen-bond donors (Lipinski definition) is 1. The van der Waals surface area contributed by atoms with Gasteiger partial charge in [-0.2, -0.15) is 11.3 Å². The molecule has 128 valence electrons. The number of carbonyl (C=O) groups is 1.